The fourth-order valence-electron chi connectivity index (χ4n) is 8.89. The molecule has 4 saturated carbocycles. The largest absolute Gasteiger partial charge is 0.342 e. The van der Waals surface area contributed by atoms with Gasteiger partial charge >= 0.3 is 0 Å². The van der Waals surface area contributed by atoms with E-state index in [1.165, 1.54) is 32.1 Å². The van der Waals surface area contributed by atoms with E-state index in [1.54, 1.807) is 0 Å². The van der Waals surface area contributed by atoms with Crippen LogP contribution < -0.4 is 0 Å². The van der Waals surface area contributed by atoms with Gasteiger partial charge in [-0.25, -0.2) is 0 Å². The number of nitrogens with zero attached hydrogens (tertiary/aromatic N) is 4. The van der Waals surface area contributed by atoms with Gasteiger partial charge in [0.1, 0.15) is 6.04 Å². The normalized spacial score (nSPS) is 37.5. The van der Waals surface area contributed by atoms with E-state index < -0.39 is 0 Å². The van der Waals surface area contributed by atoms with Crippen molar-refractivity contribution in [1.29, 1.82) is 0 Å². The molecule has 0 spiro atoms. The molecule has 35 heavy (non-hydrogen) atoms. The Balaban J connectivity index is 1.04. The summed E-state index contributed by atoms with van der Waals surface area (Å²) in [5.41, 5.74) is -0.163. The molecular formula is C28H44N4O3. The van der Waals surface area contributed by atoms with E-state index in [9.17, 15) is 14.4 Å². The molecule has 0 radical (unpaired) electrons. The second-order valence-corrected chi connectivity index (χ2v) is 12.8. The molecule has 0 aromatic carbocycles. The van der Waals surface area contributed by atoms with Crippen LogP contribution in [-0.2, 0) is 14.4 Å². The summed E-state index contributed by atoms with van der Waals surface area (Å²) >= 11 is 0. The summed E-state index contributed by atoms with van der Waals surface area (Å²) in [5.74, 6) is 2.94. The molecule has 7 aliphatic rings. The Morgan fingerprint density at radius 2 is 1.26 bits per heavy atom. The number of hydrogen-bond acceptors (Lipinski definition) is 4. The highest BCUT2D eigenvalue weighted by Crippen LogP contribution is 2.60. The van der Waals surface area contributed by atoms with Gasteiger partial charge in [0.2, 0.25) is 17.7 Å². The molecule has 0 aromatic heterocycles. The third-order valence-corrected chi connectivity index (χ3v) is 10.3. The van der Waals surface area contributed by atoms with Gasteiger partial charge in [0.25, 0.3) is 0 Å². The lowest BCUT2D eigenvalue weighted by molar-refractivity contribution is -0.162. The summed E-state index contributed by atoms with van der Waals surface area (Å²) in [6, 6.07) is -0.263. The zero-order valence-corrected chi connectivity index (χ0v) is 21.5. The average molecular weight is 485 g/mol. The van der Waals surface area contributed by atoms with Crippen LogP contribution in [0.3, 0.4) is 0 Å². The van der Waals surface area contributed by atoms with Gasteiger partial charge < -0.3 is 14.7 Å². The van der Waals surface area contributed by atoms with Crippen LogP contribution >= 0.6 is 0 Å². The number of hydrogen-bond donors (Lipinski definition) is 0. The van der Waals surface area contributed by atoms with Crippen LogP contribution in [0.5, 0.6) is 0 Å². The predicted molar refractivity (Wildman–Crippen MR) is 133 cm³/mol. The number of rotatable bonds is 4. The quantitative estimate of drug-likeness (QED) is 0.616. The van der Waals surface area contributed by atoms with Crippen molar-refractivity contribution in [1.82, 2.24) is 19.6 Å². The lowest BCUT2D eigenvalue weighted by Crippen LogP contribution is -2.59. The van der Waals surface area contributed by atoms with Gasteiger partial charge in [0.15, 0.2) is 0 Å². The minimum absolute atomic E-state index is 0.152. The molecule has 3 saturated heterocycles. The first-order chi connectivity index (χ1) is 17.0. The molecule has 3 amide bonds. The van der Waals surface area contributed by atoms with Crippen molar-refractivity contribution >= 4 is 17.7 Å². The minimum atomic E-state index is -0.263. The van der Waals surface area contributed by atoms with E-state index in [4.69, 9.17) is 0 Å². The summed E-state index contributed by atoms with van der Waals surface area (Å²) in [7, 11) is 0. The monoisotopic (exact) mass is 484 g/mol. The van der Waals surface area contributed by atoms with Crippen LogP contribution in [0.4, 0.5) is 0 Å². The van der Waals surface area contributed by atoms with E-state index >= 15 is 0 Å². The molecule has 1 unspecified atom stereocenters. The first kappa shape index (κ1) is 23.7. The van der Waals surface area contributed by atoms with Gasteiger partial charge in [-0.1, -0.05) is 12.8 Å². The Morgan fingerprint density at radius 3 is 1.86 bits per heavy atom. The third kappa shape index (κ3) is 4.62. The van der Waals surface area contributed by atoms with E-state index in [0.717, 1.165) is 95.4 Å². The Kier molecular flexibility index (Phi) is 6.57. The van der Waals surface area contributed by atoms with Crippen molar-refractivity contribution in [3.63, 3.8) is 0 Å². The summed E-state index contributed by atoms with van der Waals surface area (Å²) in [6.07, 6.45) is 13.7. The van der Waals surface area contributed by atoms with Crippen molar-refractivity contribution in [2.75, 3.05) is 52.4 Å². The van der Waals surface area contributed by atoms with Crippen LogP contribution in [0.1, 0.15) is 77.0 Å². The van der Waals surface area contributed by atoms with Crippen LogP contribution in [-0.4, -0.2) is 95.7 Å². The molecule has 3 aliphatic heterocycles. The lowest BCUT2D eigenvalue weighted by Gasteiger charge is -2.56. The maximum absolute atomic E-state index is 13.9. The van der Waals surface area contributed by atoms with Crippen molar-refractivity contribution in [3.05, 3.63) is 0 Å². The molecule has 0 aromatic rings. The highest BCUT2D eigenvalue weighted by atomic mass is 16.2. The number of amides is 3. The molecule has 194 valence electrons. The highest BCUT2D eigenvalue weighted by molar-refractivity contribution is 5.91. The maximum Gasteiger partial charge on any atom is 0.245 e. The zero-order chi connectivity index (χ0) is 24.0. The molecule has 7 fully saturated rings. The van der Waals surface area contributed by atoms with E-state index in [1.807, 2.05) is 14.7 Å². The van der Waals surface area contributed by atoms with E-state index in [-0.39, 0.29) is 23.3 Å². The predicted octanol–water partition coefficient (Wildman–Crippen LogP) is 2.74. The van der Waals surface area contributed by atoms with Crippen molar-refractivity contribution in [2.45, 2.75) is 83.1 Å². The fraction of sp³-hybridized carbons (Fsp3) is 0.893. The molecule has 7 nitrogen and oxygen atoms in total. The summed E-state index contributed by atoms with van der Waals surface area (Å²) in [4.78, 5) is 48.6. The molecule has 4 aliphatic carbocycles. The fourth-order valence-corrected chi connectivity index (χ4v) is 8.89. The second kappa shape index (κ2) is 9.68. The standard InChI is InChI=1S/C28H44N4O3/c33-25(30-7-3-1-2-4-8-30)20-29-10-12-31(13-11-29)26(34)24-6-5-9-32(24)27(35)28-17-21-14-22(18-28)16-23(15-21)19-28/h21-24H,1-20H2. The first-order valence-corrected chi connectivity index (χ1v) is 14.6. The van der Waals surface area contributed by atoms with Crippen LogP contribution in [0, 0.1) is 23.2 Å². The Bertz CT molecular complexity index is 793. The number of piperazine rings is 1. The highest BCUT2D eigenvalue weighted by Gasteiger charge is 2.57. The average Bonchev–Trinajstić information content (AvgIpc) is 3.17. The summed E-state index contributed by atoms with van der Waals surface area (Å²) < 4.78 is 0. The Labute approximate surface area is 210 Å². The molecule has 7 rings (SSSR count). The third-order valence-electron chi connectivity index (χ3n) is 10.3. The maximum atomic E-state index is 13.9. The first-order valence-electron chi connectivity index (χ1n) is 14.6. The van der Waals surface area contributed by atoms with Crippen molar-refractivity contribution in [3.8, 4) is 0 Å². The molecule has 4 bridgehead atoms. The van der Waals surface area contributed by atoms with Gasteiger partial charge in [0.05, 0.1) is 12.0 Å². The van der Waals surface area contributed by atoms with Gasteiger partial charge in [-0.2, -0.15) is 0 Å². The van der Waals surface area contributed by atoms with Crippen LogP contribution in [0.15, 0.2) is 0 Å². The van der Waals surface area contributed by atoms with Gasteiger partial charge in [-0.15, -0.1) is 0 Å². The second-order valence-electron chi connectivity index (χ2n) is 12.8. The van der Waals surface area contributed by atoms with Crippen LogP contribution in [0.25, 0.3) is 0 Å². The van der Waals surface area contributed by atoms with Gasteiger partial charge in [-0.05, 0) is 82.0 Å². The lowest BCUT2D eigenvalue weighted by atomic mass is 9.49. The molecule has 1 atom stereocenters. The van der Waals surface area contributed by atoms with E-state index in [2.05, 4.69) is 4.90 Å². The van der Waals surface area contributed by atoms with Crippen LogP contribution in [0.2, 0.25) is 0 Å². The SMILES string of the molecule is O=C(CN1CCN(C(=O)C2CCCN2C(=O)C23CC4CC(CC(C4)C2)C3)CC1)N1CCCCCC1. The van der Waals surface area contributed by atoms with Crippen molar-refractivity contribution in [2.24, 2.45) is 23.2 Å². The summed E-state index contributed by atoms with van der Waals surface area (Å²) in [6.45, 7) is 5.86. The van der Waals surface area contributed by atoms with Gasteiger partial charge in [-0.3, -0.25) is 19.3 Å². The minimum Gasteiger partial charge on any atom is -0.342 e. The number of carbonyl (C=O) groups excluding carboxylic acids is 3. The number of carbonyl (C=O) groups is 3. The Morgan fingerprint density at radius 1 is 0.657 bits per heavy atom. The zero-order valence-electron chi connectivity index (χ0n) is 21.5. The molecule has 0 N–H and O–H groups in total. The smallest absolute Gasteiger partial charge is 0.245 e. The number of likely N-dealkylation sites (tertiary alicyclic amines) is 2. The molecule has 3 heterocycles. The Hall–Kier alpha value is -1.63. The molecular weight excluding hydrogens is 440 g/mol. The van der Waals surface area contributed by atoms with E-state index in [0.29, 0.717) is 25.5 Å². The topological polar surface area (TPSA) is 64.2 Å². The summed E-state index contributed by atoms with van der Waals surface area (Å²) in [5, 5.41) is 0. The van der Waals surface area contributed by atoms with Gasteiger partial charge in [0, 0.05) is 45.8 Å². The molecule has 7 heteroatoms. The van der Waals surface area contributed by atoms with Crippen molar-refractivity contribution < 1.29 is 14.4 Å².